The number of aliphatic hydroxyl groups is 3. The number of nitrogens with zero attached hydrogens (tertiary/aromatic N) is 3. The molecule has 4 atom stereocenters. The molecule has 1 saturated heterocycles. The van der Waals surface area contributed by atoms with Crippen molar-refractivity contribution in [3.05, 3.63) is 18.1 Å². The summed E-state index contributed by atoms with van der Waals surface area (Å²) in [4.78, 5) is 8.07. The minimum Gasteiger partial charge on any atom is -0.478 e. The fourth-order valence-corrected chi connectivity index (χ4v) is 2.81. The number of rotatable bonds is 4. The van der Waals surface area contributed by atoms with Crippen molar-refractivity contribution in [2.45, 2.75) is 31.5 Å². The number of fused-ring (bicyclic) bond motifs is 1. The van der Waals surface area contributed by atoms with Gasteiger partial charge in [0.1, 0.15) is 36.1 Å². The third kappa shape index (κ3) is 2.49. The SMILES string of the molecule is CCOC(=N)c1cn(C2OC(CO)C(O)C2O)c2ncnc(N)c12. The van der Waals surface area contributed by atoms with Crippen LogP contribution in [0.3, 0.4) is 0 Å². The van der Waals surface area contributed by atoms with Crippen LogP contribution in [-0.2, 0) is 9.47 Å². The van der Waals surface area contributed by atoms with Gasteiger partial charge in [-0.05, 0) is 6.92 Å². The topological polar surface area (TPSA) is 160 Å². The van der Waals surface area contributed by atoms with Crippen molar-refractivity contribution in [3.63, 3.8) is 0 Å². The fourth-order valence-electron chi connectivity index (χ4n) is 2.81. The Bertz CT molecular complexity index is 763. The van der Waals surface area contributed by atoms with Crippen molar-refractivity contribution in [2.24, 2.45) is 0 Å². The molecule has 10 heteroatoms. The van der Waals surface area contributed by atoms with Crippen molar-refractivity contribution in [2.75, 3.05) is 18.9 Å². The molecule has 1 aliphatic rings. The van der Waals surface area contributed by atoms with Gasteiger partial charge in [-0.3, -0.25) is 5.41 Å². The zero-order valence-electron chi connectivity index (χ0n) is 13.0. The minimum atomic E-state index is -1.27. The first kappa shape index (κ1) is 16.6. The van der Waals surface area contributed by atoms with Crippen LogP contribution >= 0.6 is 0 Å². The first-order chi connectivity index (χ1) is 11.5. The Labute approximate surface area is 137 Å². The highest BCUT2D eigenvalue weighted by Gasteiger charge is 2.44. The minimum absolute atomic E-state index is 0.116. The molecule has 0 bridgehead atoms. The molecule has 0 saturated carbocycles. The number of nitrogen functional groups attached to an aromatic ring is 1. The molecular formula is C14H19N5O5. The number of anilines is 1. The lowest BCUT2D eigenvalue weighted by Crippen LogP contribution is -2.33. The second kappa shape index (κ2) is 6.32. The first-order valence-corrected chi connectivity index (χ1v) is 7.44. The van der Waals surface area contributed by atoms with Crippen molar-refractivity contribution in [1.82, 2.24) is 14.5 Å². The van der Waals surface area contributed by atoms with E-state index in [1.807, 2.05) is 0 Å². The summed E-state index contributed by atoms with van der Waals surface area (Å²) in [5.41, 5.74) is 6.59. The van der Waals surface area contributed by atoms with Crippen LogP contribution in [0.15, 0.2) is 12.5 Å². The predicted molar refractivity (Wildman–Crippen MR) is 83.4 cm³/mol. The number of aliphatic hydroxyl groups excluding tert-OH is 3. The number of nitrogens with two attached hydrogens (primary N) is 1. The molecule has 3 heterocycles. The molecule has 3 rings (SSSR count). The lowest BCUT2D eigenvalue weighted by atomic mass is 10.1. The van der Waals surface area contributed by atoms with Crippen LogP contribution in [0.4, 0.5) is 5.82 Å². The van der Waals surface area contributed by atoms with Gasteiger partial charge in [-0.2, -0.15) is 0 Å². The summed E-state index contributed by atoms with van der Waals surface area (Å²) in [7, 11) is 0. The van der Waals surface area contributed by atoms with E-state index in [-0.39, 0.29) is 11.7 Å². The monoisotopic (exact) mass is 337 g/mol. The molecule has 2 aromatic heterocycles. The van der Waals surface area contributed by atoms with Crippen LogP contribution < -0.4 is 5.73 Å². The molecule has 130 valence electrons. The van der Waals surface area contributed by atoms with E-state index in [1.165, 1.54) is 17.1 Å². The van der Waals surface area contributed by atoms with Gasteiger partial charge in [-0.15, -0.1) is 0 Å². The van der Waals surface area contributed by atoms with E-state index in [9.17, 15) is 15.3 Å². The van der Waals surface area contributed by atoms with Gasteiger partial charge in [0.05, 0.1) is 24.2 Å². The molecule has 6 N–H and O–H groups in total. The third-order valence-electron chi connectivity index (χ3n) is 3.96. The Morgan fingerprint density at radius 1 is 1.42 bits per heavy atom. The zero-order chi connectivity index (χ0) is 17.4. The molecule has 0 aliphatic carbocycles. The van der Waals surface area contributed by atoms with Crippen molar-refractivity contribution >= 4 is 22.7 Å². The molecule has 1 fully saturated rings. The standard InChI is InChI=1S/C14H19N5O5/c1-2-23-12(16)6-3-19(13-8(6)11(15)17-5-18-13)14-10(22)9(21)7(4-20)24-14/h3,5,7,9-10,14,16,20-22H,2,4H2,1H3,(H2,15,17,18). The van der Waals surface area contributed by atoms with E-state index in [1.54, 1.807) is 6.92 Å². The zero-order valence-corrected chi connectivity index (χ0v) is 13.0. The maximum Gasteiger partial charge on any atom is 0.215 e. The highest BCUT2D eigenvalue weighted by molar-refractivity contribution is 6.08. The molecule has 0 spiro atoms. The van der Waals surface area contributed by atoms with Crippen LogP contribution in [0.2, 0.25) is 0 Å². The van der Waals surface area contributed by atoms with Gasteiger partial charge in [0.15, 0.2) is 6.23 Å². The van der Waals surface area contributed by atoms with Gasteiger partial charge in [-0.1, -0.05) is 0 Å². The van der Waals surface area contributed by atoms with Crippen LogP contribution in [0, 0.1) is 5.41 Å². The van der Waals surface area contributed by atoms with Crippen molar-refractivity contribution in [1.29, 1.82) is 5.41 Å². The van der Waals surface area contributed by atoms with Gasteiger partial charge in [0.2, 0.25) is 5.90 Å². The smallest absolute Gasteiger partial charge is 0.215 e. The summed E-state index contributed by atoms with van der Waals surface area (Å²) in [6.07, 6.45) is -1.67. The van der Waals surface area contributed by atoms with Crippen LogP contribution in [0.5, 0.6) is 0 Å². The van der Waals surface area contributed by atoms with E-state index in [0.29, 0.717) is 23.2 Å². The second-order valence-corrected chi connectivity index (χ2v) is 5.40. The number of hydrogen-bond acceptors (Lipinski definition) is 9. The summed E-state index contributed by atoms with van der Waals surface area (Å²) in [5.74, 6) is 0.0411. The highest BCUT2D eigenvalue weighted by Crippen LogP contribution is 2.34. The molecule has 24 heavy (non-hydrogen) atoms. The molecule has 4 unspecified atom stereocenters. The van der Waals surface area contributed by atoms with E-state index in [0.717, 1.165) is 0 Å². The van der Waals surface area contributed by atoms with Gasteiger partial charge >= 0.3 is 0 Å². The first-order valence-electron chi connectivity index (χ1n) is 7.44. The normalized spacial score (nSPS) is 26.8. The average molecular weight is 337 g/mol. The average Bonchev–Trinajstić information content (AvgIpc) is 3.08. The number of nitrogens with one attached hydrogen (secondary N) is 1. The van der Waals surface area contributed by atoms with E-state index in [2.05, 4.69) is 9.97 Å². The summed E-state index contributed by atoms with van der Waals surface area (Å²) in [6.45, 7) is 1.61. The maximum atomic E-state index is 10.2. The molecule has 0 radical (unpaired) electrons. The molecule has 1 aliphatic heterocycles. The summed E-state index contributed by atoms with van der Waals surface area (Å²) in [5, 5.41) is 37.8. The van der Waals surface area contributed by atoms with E-state index in [4.69, 9.17) is 20.6 Å². The Balaban J connectivity index is 2.12. The largest absolute Gasteiger partial charge is 0.478 e. The quantitative estimate of drug-likeness (QED) is 0.350. The second-order valence-electron chi connectivity index (χ2n) is 5.40. The highest BCUT2D eigenvalue weighted by atomic mass is 16.6. The Morgan fingerprint density at radius 2 is 2.17 bits per heavy atom. The van der Waals surface area contributed by atoms with Gasteiger partial charge in [-0.25, -0.2) is 9.97 Å². The Kier molecular flexibility index (Phi) is 4.37. The van der Waals surface area contributed by atoms with Gasteiger partial charge in [0, 0.05) is 6.20 Å². The molecule has 2 aromatic rings. The molecular weight excluding hydrogens is 318 g/mol. The van der Waals surface area contributed by atoms with Crippen LogP contribution in [-0.4, -0.2) is 67.3 Å². The third-order valence-corrected chi connectivity index (χ3v) is 3.96. The Hall–Kier alpha value is -2.27. The predicted octanol–water partition coefficient (Wildman–Crippen LogP) is -1.01. The molecule has 10 nitrogen and oxygen atoms in total. The molecule has 0 amide bonds. The molecule has 0 aromatic carbocycles. The van der Waals surface area contributed by atoms with Gasteiger partial charge < -0.3 is 35.1 Å². The fraction of sp³-hybridized carbons (Fsp3) is 0.500. The summed E-state index contributed by atoms with van der Waals surface area (Å²) >= 11 is 0. The lowest BCUT2D eigenvalue weighted by molar-refractivity contribution is -0.0508. The number of ether oxygens (including phenoxy) is 2. The summed E-state index contributed by atoms with van der Waals surface area (Å²) < 4.78 is 12.2. The van der Waals surface area contributed by atoms with Crippen molar-refractivity contribution in [3.8, 4) is 0 Å². The van der Waals surface area contributed by atoms with E-state index < -0.39 is 31.1 Å². The van der Waals surface area contributed by atoms with Gasteiger partial charge in [0.25, 0.3) is 0 Å². The van der Waals surface area contributed by atoms with Crippen LogP contribution in [0.1, 0.15) is 18.7 Å². The maximum absolute atomic E-state index is 10.2. The summed E-state index contributed by atoms with van der Waals surface area (Å²) in [6, 6.07) is 0. The number of hydrogen-bond donors (Lipinski definition) is 5. The lowest BCUT2D eigenvalue weighted by Gasteiger charge is -2.17. The Morgan fingerprint density at radius 3 is 2.79 bits per heavy atom. The number of aromatic nitrogens is 3. The van der Waals surface area contributed by atoms with Crippen LogP contribution in [0.25, 0.3) is 11.0 Å². The van der Waals surface area contributed by atoms with E-state index >= 15 is 0 Å². The van der Waals surface area contributed by atoms with Crippen molar-refractivity contribution < 1.29 is 24.8 Å².